The minimum absolute atomic E-state index is 0.0201. The number of fused-ring (bicyclic) bond motifs is 4. The van der Waals surface area contributed by atoms with E-state index in [0.29, 0.717) is 37.3 Å². The summed E-state index contributed by atoms with van der Waals surface area (Å²) in [7, 11) is 1.42. The smallest absolute Gasteiger partial charge is 0.306 e. The number of hydrogen-bond donors (Lipinski definition) is 1. The monoisotopic (exact) mass is 978 g/mol. The first-order chi connectivity index (χ1) is 35.3. The van der Waals surface area contributed by atoms with Crippen LogP contribution in [0.4, 0.5) is 0 Å². The molecule has 2 aliphatic rings. The Morgan fingerprint density at radius 2 is 1.01 bits per heavy atom. The highest BCUT2D eigenvalue weighted by Crippen LogP contribution is 2.39. The molecule has 73 heavy (non-hydrogen) atoms. The van der Waals surface area contributed by atoms with Gasteiger partial charge in [0.15, 0.2) is 0 Å². The highest BCUT2D eigenvalue weighted by atomic mass is 16.5. The van der Waals surface area contributed by atoms with E-state index in [4.69, 9.17) is 4.74 Å². The Morgan fingerprint density at radius 1 is 0.589 bits per heavy atom. The van der Waals surface area contributed by atoms with Gasteiger partial charge in [-0.1, -0.05) is 83.2 Å². The number of carbonyl (C=O) groups is 4. The summed E-state index contributed by atoms with van der Waals surface area (Å²) in [4.78, 5) is 54.6. The van der Waals surface area contributed by atoms with E-state index in [-0.39, 0.29) is 42.5 Å². The second-order valence-electron chi connectivity index (χ2n) is 19.2. The number of amides is 2. The van der Waals surface area contributed by atoms with Crippen LogP contribution in [0.3, 0.4) is 0 Å². The lowest BCUT2D eigenvalue weighted by Gasteiger charge is -2.31. The molecule has 6 aromatic carbocycles. The van der Waals surface area contributed by atoms with Gasteiger partial charge in [-0.05, 0) is 158 Å². The number of aliphatic carboxylic acids is 1. The Morgan fingerprint density at radius 3 is 1.41 bits per heavy atom. The number of carboxylic acid groups (broad SMARTS) is 1. The summed E-state index contributed by atoms with van der Waals surface area (Å²) < 4.78 is 8.81. The predicted octanol–water partition coefficient (Wildman–Crippen LogP) is 9.83. The number of ether oxygens (including phenoxy) is 1. The molecule has 0 spiro atoms. The summed E-state index contributed by atoms with van der Waals surface area (Å²) in [6.07, 6.45) is 1.79. The number of aromatic nitrogens is 6. The van der Waals surface area contributed by atoms with E-state index in [1.54, 1.807) is 0 Å². The number of carbonyl (C=O) groups excluding carboxylic acids is 3. The number of esters is 1. The summed E-state index contributed by atoms with van der Waals surface area (Å²) in [5.41, 5.74) is 18.0. The van der Waals surface area contributed by atoms with Crippen molar-refractivity contribution in [2.75, 3.05) is 20.2 Å². The van der Waals surface area contributed by atoms with Gasteiger partial charge >= 0.3 is 11.9 Å². The number of benzene rings is 6. The molecule has 10 rings (SSSR count). The largest absolute Gasteiger partial charge is 0.481 e. The number of hydrogen-bond acceptors (Lipinski definition) is 9. The molecule has 2 unspecified atom stereocenters. The number of aryl methyl sites for hydroxylation is 6. The van der Waals surface area contributed by atoms with Crippen molar-refractivity contribution in [3.63, 3.8) is 0 Å². The highest BCUT2D eigenvalue weighted by molar-refractivity contribution is 5.95. The SMILES string of the molecule is CCn1nnc2c(C)c(C(CC(=O)O)c3cc(C)c4c(c3)CN(C(=O)c3ccccc3)CC4)ccc21.CCn1nnc2c(C)c(C(CC(=O)OC)c3cc(C)c4c(c3)CN(C(=O)c3ccccc3)CC4)ccc21. The van der Waals surface area contributed by atoms with Crippen LogP contribution in [0, 0.1) is 27.7 Å². The zero-order chi connectivity index (χ0) is 51.5. The Labute approximate surface area is 425 Å². The fourth-order valence-corrected chi connectivity index (χ4v) is 11.0. The number of rotatable bonds is 12. The van der Waals surface area contributed by atoms with Crippen molar-refractivity contribution < 1.29 is 29.0 Å². The minimum Gasteiger partial charge on any atom is -0.481 e. The van der Waals surface area contributed by atoms with E-state index >= 15 is 0 Å². The van der Waals surface area contributed by atoms with Crippen LogP contribution >= 0.6 is 0 Å². The lowest BCUT2D eigenvalue weighted by molar-refractivity contribution is -0.141. The molecule has 0 saturated carbocycles. The van der Waals surface area contributed by atoms with Gasteiger partial charge in [0.1, 0.15) is 11.0 Å². The summed E-state index contributed by atoms with van der Waals surface area (Å²) >= 11 is 0. The quantitative estimate of drug-likeness (QED) is 0.117. The molecule has 2 amide bonds. The second-order valence-corrected chi connectivity index (χ2v) is 19.2. The third-order valence-corrected chi connectivity index (χ3v) is 14.9. The van der Waals surface area contributed by atoms with Gasteiger partial charge < -0.3 is 19.6 Å². The maximum absolute atomic E-state index is 13.2. The van der Waals surface area contributed by atoms with Gasteiger partial charge in [-0.25, -0.2) is 9.36 Å². The molecular weight excluding hydrogens is 917 g/mol. The summed E-state index contributed by atoms with van der Waals surface area (Å²) in [6.45, 7) is 16.2. The van der Waals surface area contributed by atoms with Crippen LogP contribution in [0.5, 0.6) is 0 Å². The molecule has 14 nitrogen and oxygen atoms in total. The predicted molar refractivity (Wildman–Crippen MR) is 281 cm³/mol. The lowest BCUT2D eigenvalue weighted by atomic mass is 9.82. The van der Waals surface area contributed by atoms with E-state index < -0.39 is 5.97 Å². The van der Waals surface area contributed by atoms with Crippen molar-refractivity contribution in [3.05, 3.63) is 187 Å². The Bertz CT molecular complexity index is 3380. The fourth-order valence-electron chi connectivity index (χ4n) is 11.0. The van der Waals surface area contributed by atoms with E-state index in [2.05, 4.69) is 64.8 Å². The molecule has 2 atom stereocenters. The highest BCUT2D eigenvalue weighted by Gasteiger charge is 2.30. The molecule has 14 heteroatoms. The van der Waals surface area contributed by atoms with E-state index in [9.17, 15) is 24.3 Å². The summed E-state index contributed by atoms with van der Waals surface area (Å²) in [6, 6.07) is 35.5. The normalized spacial score (nSPS) is 14.0. The number of nitrogens with zero attached hydrogens (tertiary/aromatic N) is 8. The molecular formula is C59H62N8O6. The average molecular weight is 979 g/mol. The van der Waals surface area contributed by atoms with Crippen LogP contribution in [-0.2, 0) is 53.3 Å². The van der Waals surface area contributed by atoms with Crippen LogP contribution in [0.15, 0.2) is 109 Å². The van der Waals surface area contributed by atoms with E-state index in [1.807, 2.05) is 126 Å². The molecule has 2 aliphatic heterocycles. The molecule has 8 aromatic rings. The first kappa shape index (κ1) is 50.0. The third-order valence-electron chi connectivity index (χ3n) is 14.9. The van der Waals surface area contributed by atoms with Gasteiger partial charge in [-0.2, -0.15) is 0 Å². The first-order valence-corrected chi connectivity index (χ1v) is 25.2. The molecule has 374 valence electrons. The first-order valence-electron chi connectivity index (χ1n) is 25.2. The number of methoxy groups -OCH3 is 1. The van der Waals surface area contributed by atoms with Gasteiger partial charge in [-0.15, -0.1) is 10.2 Å². The van der Waals surface area contributed by atoms with Crippen molar-refractivity contribution >= 4 is 45.8 Å². The van der Waals surface area contributed by atoms with Gasteiger partial charge in [0.25, 0.3) is 11.8 Å². The summed E-state index contributed by atoms with van der Waals surface area (Å²) in [5.74, 6) is -1.59. The Balaban J connectivity index is 0.000000180. The van der Waals surface area contributed by atoms with Crippen molar-refractivity contribution in [1.82, 2.24) is 39.8 Å². The molecule has 0 radical (unpaired) electrons. The third kappa shape index (κ3) is 10.1. The second kappa shape index (κ2) is 21.4. The molecule has 0 aliphatic carbocycles. The van der Waals surface area contributed by atoms with Crippen molar-refractivity contribution in [2.24, 2.45) is 0 Å². The van der Waals surface area contributed by atoms with Gasteiger partial charge in [-0.3, -0.25) is 19.2 Å². The fraction of sp³-hybridized carbons (Fsp3) is 0.322. The Hall–Kier alpha value is -8.00. The van der Waals surface area contributed by atoms with Gasteiger partial charge in [0, 0.05) is 62.2 Å². The average Bonchev–Trinajstić information content (AvgIpc) is 4.05. The minimum atomic E-state index is -0.854. The van der Waals surface area contributed by atoms with E-state index in [1.165, 1.54) is 23.8 Å². The molecule has 1 N–H and O–H groups in total. The zero-order valence-electron chi connectivity index (χ0n) is 42.7. The van der Waals surface area contributed by atoms with Crippen LogP contribution < -0.4 is 0 Å². The molecule has 0 bridgehead atoms. The molecule has 0 saturated heterocycles. The lowest BCUT2D eigenvalue weighted by Crippen LogP contribution is -2.36. The maximum atomic E-state index is 13.2. The van der Waals surface area contributed by atoms with Crippen LogP contribution in [0.2, 0.25) is 0 Å². The zero-order valence-corrected chi connectivity index (χ0v) is 42.7. The van der Waals surface area contributed by atoms with Crippen LogP contribution in [0.25, 0.3) is 22.1 Å². The molecule has 0 fully saturated rings. The van der Waals surface area contributed by atoms with Crippen molar-refractivity contribution in [2.45, 2.75) is 105 Å². The van der Waals surface area contributed by atoms with E-state index in [0.717, 1.165) is 98.1 Å². The standard InChI is InChI=1S/C30H32N4O3.C29H30N4O3/c1-5-34-27-12-11-25(20(3)29(27)31-32-34)26(17-28(35)37-4)22-15-19(2)24-13-14-33(18-23(24)16-22)30(36)21-9-7-6-8-10-21;1-4-33-26-11-10-24(19(3)28(26)30-31-33)25(16-27(34)35)21-14-18(2)23-12-13-32(17-22(23)15-21)29(36)20-8-6-5-7-9-20/h6-12,15-16,26H,5,13-14,17-18H2,1-4H3;5-11,14-15,25H,4,12-13,16-17H2,1-3H3,(H,34,35). The van der Waals surface area contributed by atoms with Crippen molar-refractivity contribution in [1.29, 1.82) is 0 Å². The molecule has 2 aromatic heterocycles. The van der Waals surface area contributed by atoms with Gasteiger partial charge in [0.2, 0.25) is 0 Å². The van der Waals surface area contributed by atoms with Gasteiger partial charge in [0.05, 0.1) is 31.0 Å². The maximum Gasteiger partial charge on any atom is 0.306 e. The number of carboxylic acids is 1. The van der Waals surface area contributed by atoms with Crippen molar-refractivity contribution in [3.8, 4) is 0 Å². The van der Waals surface area contributed by atoms with Crippen LogP contribution in [-0.4, -0.2) is 88.8 Å². The topological polar surface area (TPSA) is 166 Å². The summed E-state index contributed by atoms with van der Waals surface area (Å²) in [5, 5.41) is 27.1. The Kier molecular flexibility index (Phi) is 14.6. The van der Waals surface area contributed by atoms with Crippen LogP contribution in [0.1, 0.15) is 126 Å². The molecule has 4 heterocycles.